The Morgan fingerprint density at radius 1 is 0.838 bits per heavy atom. The molecule has 0 spiro atoms. The van der Waals surface area contributed by atoms with Gasteiger partial charge < -0.3 is 15.1 Å². The molecule has 2 heterocycles. The number of hydrogen-bond acceptors (Lipinski definition) is 4. The normalized spacial score (nSPS) is 18.2. The maximum Gasteiger partial charge on any atom is 0.255 e. The fraction of sp³-hybridized carbons (Fsp3) is 0.310. The number of carbonyl (C=O) groups excluding carboxylic acids is 2. The quantitative estimate of drug-likeness (QED) is 0.551. The molecule has 1 N–H and O–H groups in total. The van der Waals surface area contributed by atoms with Gasteiger partial charge in [-0.25, -0.2) is 8.78 Å². The number of anilines is 2. The van der Waals surface area contributed by atoms with Crippen molar-refractivity contribution >= 4 is 23.2 Å². The number of piperazine rings is 1. The van der Waals surface area contributed by atoms with E-state index >= 15 is 0 Å². The SMILES string of the molecule is CC(=O)N1CCN(C2CCN(c3ccc(NC(=O)c4ccc(-c5ccc(F)cc5)cc4)c(F)c3)C2)CC1. The first-order valence-electron chi connectivity index (χ1n) is 12.6. The lowest BCUT2D eigenvalue weighted by molar-refractivity contribution is -0.130. The molecule has 5 rings (SSSR count). The van der Waals surface area contributed by atoms with Crippen LogP contribution in [0.3, 0.4) is 0 Å². The molecule has 3 aromatic carbocycles. The highest BCUT2D eigenvalue weighted by molar-refractivity contribution is 6.04. The molecule has 2 fully saturated rings. The van der Waals surface area contributed by atoms with Crippen LogP contribution in [-0.2, 0) is 4.79 Å². The van der Waals surface area contributed by atoms with Crippen molar-refractivity contribution in [2.24, 2.45) is 0 Å². The van der Waals surface area contributed by atoms with E-state index in [1.807, 2.05) is 11.0 Å². The van der Waals surface area contributed by atoms with Gasteiger partial charge in [0.2, 0.25) is 5.91 Å². The Morgan fingerprint density at radius 2 is 1.49 bits per heavy atom. The van der Waals surface area contributed by atoms with E-state index in [4.69, 9.17) is 0 Å². The van der Waals surface area contributed by atoms with Crippen LogP contribution >= 0.6 is 0 Å². The fourth-order valence-corrected chi connectivity index (χ4v) is 5.13. The van der Waals surface area contributed by atoms with Crippen LogP contribution in [0, 0.1) is 11.6 Å². The molecular formula is C29H30F2N4O2. The second kappa shape index (κ2) is 10.7. The average Bonchev–Trinajstić information content (AvgIpc) is 3.41. The number of nitrogens with one attached hydrogen (secondary N) is 1. The predicted molar refractivity (Wildman–Crippen MR) is 141 cm³/mol. The topological polar surface area (TPSA) is 55.9 Å². The van der Waals surface area contributed by atoms with Crippen LogP contribution in [0.1, 0.15) is 23.7 Å². The summed E-state index contributed by atoms with van der Waals surface area (Å²) in [5.41, 5.74) is 3.03. The number of rotatable bonds is 5. The third-order valence-electron chi connectivity index (χ3n) is 7.33. The Labute approximate surface area is 215 Å². The maximum absolute atomic E-state index is 14.9. The van der Waals surface area contributed by atoms with Gasteiger partial charge in [0, 0.05) is 63.5 Å². The third kappa shape index (κ3) is 5.64. The molecule has 0 aliphatic carbocycles. The van der Waals surface area contributed by atoms with E-state index in [0.29, 0.717) is 11.6 Å². The molecule has 2 saturated heterocycles. The summed E-state index contributed by atoms with van der Waals surface area (Å²) in [6.07, 6.45) is 0.994. The summed E-state index contributed by atoms with van der Waals surface area (Å²) >= 11 is 0. The first-order chi connectivity index (χ1) is 17.9. The van der Waals surface area contributed by atoms with E-state index in [1.54, 1.807) is 49.4 Å². The minimum absolute atomic E-state index is 0.123. The second-order valence-electron chi connectivity index (χ2n) is 9.63. The lowest BCUT2D eigenvalue weighted by Gasteiger charge is -2.37. The zero-order valence-corrected chi connectivity index (χ0v) is 20.8. The van der Waals surface area contributed by atoms with Crippen molar-refractivity contribution in [2.45, 2.75) is 19.4 Å². The molecule has 2 aliphatic rings. The van der Waals surface area contributed by atoms with Crippen molar-refractivity contribution in [3.63, 3.8) is 0 Å². The fourth-order valence-electron chi connectivity index (χ4n) is 5.13. The summed E-state index contributed by atoms with van der Waals surface area (Å²) in [6, 6.07) is 18.3. The van der Waals surface area contributed by atoms with Crippen molar-refractivity contribution in [3.05, 3.63) is 83.9 Å². The first kappa shape index (κ1) is 24.9. The highest BCUT2D eigenvalue weighted by Gasteiger charge is 2.30. The minimum atomic E-state index is -0.479. The molecule has 0 bridgehead atoms. The van der Waals surface area contributed by atoms with Crippen molar-refractivity contribution in [1.82, 2.24) is 9.80 Å². The lowest BCUT2D eigenvalue weighted by atomic mass is 10.0. The maximum atomic E-state index is 14.9. The average molecular weight is 505 g/mol. The van der Waals surface area contributed by atoms with Gasteiger partial charge in [-0.2, -0.15) is 0 Å². The summed E-state index contributed by atoms with van der Waals surface area (Å²) in [6.45, 7) is 6.49. The van der Waals surface area contributed by atoms with Crippen LogP contribution in [0.15, 0.2) is 66.7 Å². The molecule has 1 unspecified atom stereocenters. The van der Waals surface area contributed by atoms with Gasteiger partial charge in [0.15, 0.2) is 0 Å². The molecule has 0 saturated carbocycles. The van der Waals surface area contributed by atoms with E-state index in [2.05, 4.69) is 15.1 Å². The molecule has 0 aromatic heterocycles. The Kier molecular flexibility index (Phi) is 7.19. The van der Waals surface area contributed by atoms with Crippen LogP contribution in [0.5, 0.6) is 0 Å². The molecule has 8 heteroatoms. The summed E-state index contributed by atoms with van der Waals surface area (Å²) in [7, 11) is 0. The summed E-state index contributed by atoms with van der Waals surface area (Å²) in [5, 5.41) is 2.66. The zero-order valence-electron chi connectivity index (χ0n) is 20.8. The third-order valence-corrected chi connectivity index (χ3v) is 7.33. The van der Waals surface area contributed by atoms with E-state index in [9.17, 15) is 18.4 Å². The molecule has 37 heavy (non-hydrogen) atoms. The summed E-state index contributed by atoms with van der Waals surface area (Å²) in [5.74, 6) is -1.06. The number of amides is 2. The van der Waals surface area contributed by atoms with Crippen LogP contribution in [0.4, 0.5) is 20.2 Å². The number of carbonyl (C=O) groups is 2. The van der Waals surface area contributed by atoms with Crippen LogP contribution in [0.25, 0.3) is 11.1 Å². The first-order valence-corrected chi connectivity index (χ1v) is 12.6. The molecule has 6 nitrogen and oxygen atoms in total. The van der Waals surface area contributed by atoms with Crippen molar-refractivity contribution in [2.75, 3.05) is 49.5 Å². The van der Waals surface area contributed by atoms with Gasteiger partial charge in [0.05, 0.1) is 5.69 Å². The van der Waals surface area contributed by atoms with Gasteiger partial charge in [-0.15, -0.1) is 0 Å². The Morgan fingerprint density at radius 3 is 2.11 bits per heavy atom. The van der Waals surface area contributed by atoms with E-state index in [1.165, 1.54) is 18.2 Å². The van der Waals surface area contributed by atoms with Crippen molar-refractivity contribution in [1.29, 1.82) is 0 Å². The second-order valence-corrected chi connectivity index (χ2v) is 9.63. The number of hydrogen-bond donors (Lipinski definition) is 1. The highest BCUT2D eigenvalue weighted by Crippen LogP contribution is 2.28. The molecule has 192 valence electrons. The molecule has 0 radical (unpaired) electrons. The van der Waals surface area contributed by atoms with Gasteiger partial charge in [0.1, 0.15) is 11.6 Å². The van der Waals surface area contributed by atoms with E-state index < -0.39 is 11.7 Å². The van der Waals surface area contributed by atoms with Crippen molar-refractivity contribution in [3.8, 4) is 11.1 Å². The Bertz CT molecular complexity index is 1270. The van der Waals surface area contributed by atoms with Gasteiger partial charge >= 0.3 is 0 Å². The molecule has 2 amide bonds. The van der Waals surface area contributed by atoms with Crippen molar-refractivity contribution < 1.29 is 18.4 Å². The standard InChI is InChI=1S/C29H30F2N4O2/c1-20(36)33-14-16-34(17-15-33)26-12-13-35(19-26)25-10-11-28(27(31)18-25)32-29(37)23-4-2-21(3-5-23)22-6-8-24(30)9-7-22/h2-11,18,26H,12-17,19H2,1H3,(H,32,37). The van der Waals surface area contributed by atoms with Gasteiger partial charge in [-0.3, -0.25) is 14.5 Å². The zero-order chi connectivity index (χ0) is 25.9. The minimum Gasteiger partial charge on any atom is -0.370 e. The predicted octanol–water partition coefficient (Wildman–Crippen LogP) is 4.63. The Hall–Kier alpha value is -3.78. The number of halogens is 2. The molecular weight excluding hydrogens is 474 g/mol. The smallest absolute Gasteiger partial charge is 0.255 e. The van der Waals surface area contributed by atoms with Gasteiger partial charge in [-0.05, 0) is 60.0 Å². The van der Waals surface area contributed by atoms with Crippen LogP contribution in [0.2, 0.25) is 0 Å². The monoisotopic (exact) mass is 504 g/mol. The molecule has 3 aromatic rings. The summed E-state index contributed by atoms with van der Waals surface area (Å²) in [4.78, 5) is 30.8. The molecule has 1 atom stereocenters. The number of benzene rings is 3. The Balaban J connectivity index is 1.18. The number of nitrogens with zero attached hydrogens (tertiary/aromatic N) is 3. The van der Waals surface area contributed by atoms with E-state index in [-0.39, 0.29) is 17.4 Å². The molecule has 2 aliphatic heterocycles. The largest absolute Gasteiger partial charge is 0.370 e. The lowest BCUT2D eigenvalue weighted by Crippen LogP contribution is -2.52. The van der Waals surface area contributed by atoms with Crippen LogP contribution in [-0.4, -0.2) is 66.9 Å². The highest BCUT2D eigenvalue weighted by atomic mass is 19.1. The van der Waals surface area contributed by atoms with Gasteiger partial charge in [-0.1, -0.05) is 24.3 Å². The van der Waals surface area contributed by atoms with Gasteiger partial charge in [0.25, 0.3) is 5.91 Å². The summed E-state index contributed by atoms with van der Waals surface area (Å²) < 4.78 is 28.1. The van der Waals surface area contributed by atoms with E-state index in [0.717, 1.165) is 62.5 Å². The van der Waals surface area contributed by atoms with Crippen LogP contribution < -0.4 is 10.2 Å².